The molecule has 0 aliphatic heterocycles. The van der Waals surface area contributed by atoms with Gasteiger partial charge in [0.1, 0.15) is 0 Å². The monoisotopic (exact) mass is 240 g/mol. The summed E-state index contributed by atoms with van der Waals surface area (Å²) in [6.45, 7) is 0. The number of carbonyl (C=O) groups is 1. The number of phenolic OH excluding ortho intramolecular Hbond substituents is 1. The van der Waals surface area contributed by atoms with E-state index in [1.54, 1.807) is 0 Å². The second-order valence-corrected chi connectivity index (χ2v) is 4.25. The highest BCUT2D eigenvalue weighted by atomic mass is 19.1. The van der Waals surface area contributed by atoms with Crippen molar-refractivity contribution in [2.24, 2.45) is 0 Å². The molecule has 0 unspecified atom stereocenters. The van der Waals surface area contributed by atoms with Crippen LogP contribution in [0, 0.1) is 5.82 Å². The predicted molar refractivity (Wildman–Crippen MR) is 57.8 cm³/mol. The van der Waals surface area contributed by atoms with E-state index < -0.39 is 17.2 Å². The molecule has 0 aromatic heterocycles. The topological polar surface area (TPSA) is 66.8 Å². The minimum Gasteiger partial charge on any atom is -0.504 e. The minimum absolute atomic E-state index is 0.256. The quantitative estimate of drug-likeness (QED) is 0.848. The average molecular weight is 240 g/mol. The number of carboxylic acids is 1. The number of hydrogen-bond donors (Lipinski definition) is 2. The summed E-state index contributed by atoms with van der Waals surface area (Å²) in [6.07, 6.45) is 1.72. The molecule has 1 aromatic carbocycles. The zero-order chi connectivity index (χ0) is 12.6. The van der Waals surface area contributed by atoms with Crippen LogP contribution in [0.1, 0.15) is 24.8 Å². The molecule has 0 heterocycles. The third-order valence-corrected chi connectivity index (χ3v) is 3.40. The molecule has 1 aliphatic carbocycles. The summed E-state index contributed by atoms with van der Waals surface area (Å²) in [4.78, 5) is 11.2. The van der Waals surface area contributed by atoms with Crippen LogP contribution < -0.4 is 4.74 Å². The summed E-state index contributed by atoms with van der Waals surface area (Å²) in [6, 6.07) is 2.40. The molecule has 1 aromatic rings. The van der Waals surface area contributed by atoms with E-state index in [1.165, 1.54) is 13.2 Å². The number of methoxy groups -OCH3 is 1. The van der Waals surface area contributed by atoms with E-state index in [0.29, 0.717) is 18.4 Å². The Balaban J connectivity index is 2.50. The van der Waals surface area contributed by atoms with Gasteiger partial charge in [-0.05, 0) is 30.5 Å². The van der Waals surface area contributed by atoms with Crippen molar-refractivity contribution in [1.29, 1.82) is 0 Å². The number of carboxylic acid groups (broad SMARTS) is 1. The first-order valence-electron chi connectivity index (χ1n) is 5.31. The van der Waals surface area contributed by atoms with Gasteiger partial charge in [-0.1, -0.05) is 6.42 Å². The minimum atomic E-state index is -1.05. The first-order chi connectivity index (χ1) is 8.01. The maximum Gasteiger partial charge on any atom is 0.314 e. The lowest BCUT2D eigenvalue weighted by Crippen LogP contribution is -2.42. The number of hydrogen-bond acceptors (Lipinski definition) is 3. The van der Waals surface area contributed by atoms with E-state index in [9.17, 15) is 19.4 Å². The van der Waals surface area contributed by atoms with Gasteiger partial charge in [0.2, 0.25) is 0 Å². The van der Waals surface area contributed by atoms with E-state index in [2.05, 4.69) is 4.74 Å². The first-order valence-corrected chi connectivity index (χ1v) is 5.31. The van der Waals surface area contributed by atoms with Crippen LogP contribution in [0.15, 0.2) is 12.1 Å². The van der Waals surface area contributed by atoms with Crippen molar-refractivity contribution in [3.63, 3.8) is 0 Å². The van der Waals surface area contributed by atoms with Crippen LogP contribution in [0.5, 0.6) is 11.5 Å². The number of halogens is 1. The van der Waals surface area contributed by atoms with Crippen molar-refractivity contribution in [2.75, 3.05) is 7.11 Å². The van der Waals surface area contributed by atoms with Crippen molar-refractivity contribution in [3.8, 4) is 11.5 Å². The molecule has 1 aliphatic rings. The summed E-state index contributed by atoms with van der Waals surface area (Å²) in [5.41, 5.74) is -0.753. The molecule has 5 heteroatoms. The van der Waals surface area contributed by atoms with Crippen LogP contribution in [0.3, 0.4) is 0 Å². The number of phenols is 1. The standard InChI is InChI=1S/C12H13FO4/c1-17-10-8(13)5-7(6-9(10)14)12(11(15)16)3-2-4-12/h5-6,14H,2-4H2,1H3,(H,15,16). The van der Waals surface area contributed by atoms with Gasteiger partial charge in [-0.3, -0.25) is 4.79 Å². The fourth-order valence-electron chi connectivity index (χ4n) is 2.21. The smallest absolute Gasteiger partial charge is 0.314 e. The van der Waals surface area contributed by atoms with Crippen LogP contribution in [-0.4, -0.2) is 23.3 Å². The van der Waals surface area contributed by atoms with Gasteiger partial charge in [0.25, 0.3) is 0 Å². The Morgan fingerprint density at radius 2 is 2.12 bits per heavy atom. The third-order valence-electron chi connectivity index (χ3n) is 3.40. The van der Waals surface area contributed by atoms with Gasteiger partial charge in [0.05, 0.1) is 12.5 Å². The fraction of sp³-hybridized carbons (Fsp3) is 0.417. The molecular weight excluding hydrogens is 227 g/mol. The van der Waals surface area contributed by atoms with Crippen LogP contribution in [-0.2, 0) is 10.2 Å². The lowest BCUT2D eigenvalue weighted by Gasteiger charge is -2.38. The molecule has 2 rings (SSSR count). The summed E-state index contributed by atoms with van der Waals surface area (Å²) < 4.78 is 18.3. The Labute approximate surface area is 97.6 Å². The molecule has 0 bridgehead atoms. The molecule has 0 radical (unpaired) electrons. The second-order valence-electron chi connectivity index (χ2n) is 4.25. The zero-order valence-corrected chi connectivity index (χ0v) is 9.36. The van der Waals surface area contributed by atoms with Crippen molar-refractivity contribution in [1.82, 2.24) is 0 Å². The molecular formula is C12H13FO4. The lowest BCUT2D eigenvalue weighted by atomic mass is 9.64. The summed E-state index contributed by atoms with van der Waals surface area (Å²) in [5, 5.41) is 18.8. The van der Waals surface area contributed by atoms with Gasteiger partial charge in [-0.2, -0.15) is 0 Å². The Morgan fingerprint density at radius 3 is 2.47 bits per heavy atom. The highest BCUT2D eigenvalue weighted by Gasteiger charge is 2.46. The largest absolute Gasteiger partial charge is 0.504 e. The van der Waals surface area contributed by atoms with E-state index in [0.717, 1.165) is 12.5 Å². The van der Waals surface area contributed by atoms with Crippen LogP contribution in [0.25, 0.3) is 0 Å². The SMILES string of the molecule is COc1c(O)cc(C2(C(=O)O)CCC2)cc1F. The Hall–Kier alpha value is -1.78. The summed E-state index contributed by atoms with van der Waals surface area (Å²) >= 11 is 0. The highest BCUT2D eigenvalue weighted by molar-refractivity contribution is 5.83. The van der Waals surface area contributed by atoms with E-state index in [4.69, 9.17) is 0 Å². The Morgan fingerprint density at radius 1 is 1.47 bits per heavy atom. The Kier molecular flexibility index (Phi) is 2.69. The van der Waals surface area contributed by atoms with Gasteiger partial charge in [-0.25, -0.2) is 4.39 Å². The normalized spacial score (nSPS) is 17.3. The molecule has 0 amide bonds. The molecule has 1 fully saturated rings. The van der Waals surface area contributed by atoms with Gasteiger partial charge in [-0.15, -0.1) is 0 Å². The van der Waals surface area contributed by atoms with Crippen molar-refractivity contribution >= 4 is 5.97 Å². The molecule has 0 saturated heterocycles. The van der Waals surface area contributed by atoms with Gasteiger partial charge >= 0.3 is 5.97 Å². The average Bonchev–Trinajstić information content (AvgIpc) is 2.14. The molecule has 0 spiro atoms. The maximum absolute atomic E-state index is 13.6. The first kappa shape index (κ1) is 11.7. The number of rotatable bonds is 3. The molecule has 1 saturated carbocycles. The number of aliphatic carboxylic acids is 1. The van der Waals surface area contributed by atoms with Gasteiger partial charge in [0, 0.05) is 0 Å². The maximum atomic E-state index is 13.6. The van der Waals surface area contributed by atoms with Gasteiger partial charge < -0.3 is 14.9 Å². The molecule has 4 nitrogen and oxygen atoms in total. The van der Waals surface area contributed by atoms with Crippen LogP contribution in [0.4, 0.5) is 4.39 Å². The lowest BCUT2D eigenvalue weighted by molar-refractivity contribution is -0.147. The fourth-order valence-corrected chi connectivity index (χ4v) is 2.21. The predicted octanol–water partition coefficient (Wildman–Crippen LogP) is 2.05. The molecule has 17 heavy (non-hydrogen) atoms. The number of aromatic hydroxyl groups is 1. The number of ether oxygens (including phenoxy) is 1. The van der Waals surface area contributed by atoms with E-state index >= 15 is 0 Å². The molecule has 92 valence electrons. The second kappa shape index (κ2) is 3.91. The number of benzene rings is 1. The highest BCUT2D eigenvalue weighted by Crippen LogP contribution is 2.46. The Bertz CT molecular complexity index is 443. The molecule has 0 atom stereocenters. The van der Waals surface area contributed by atoms with Crippen LogP contribution in [0.2, 0.25) is 0 Å². The zero-order valence-electron chi connectivity index (χ0n) is 9.36. The molecule has 2 N–H and O–H groups in total. The summed E-state index contributed by atoms with van der Waals surface area (Å²) in [5.74, 6) is -2.34. The van der Waals surface area contributed by atoms with Gasteiger partial charge in [0.15, 0.2) is 17.3 Å². The van der Waals surface area contributed by atoms with E-state index in [-0.39, 0.29) is 11.5 Å². The van der Waals surface area contributed by atoms with Crippen molar-refractivity contribution < 1.29 is 24.1 Å². The van der Waals surface area contributed by atoms with Crippen molar-refractivity contribution in [2.45, 2.75) is 24.7 Å². The third kappa shape index (κ3) is 1.62. The van der Waals surface area contributed by atoms with Crippen LogP contribution >= 0.6 is 0 Å². The summed E-state index contributed by atoms with van der Waals surface area (Å²) in [7, 11) is 1.24. The van der Waals surface area contributed by atoms with Crippen molar-refractivity contribution in [3.05, 3.63) is 23.5 Å². The van der Waals surface area contributed by atoms with E-state index in [1.807, 2.05) is 0 Å².